The number of carbonyl (C=O) groups excluding carboxylic acids is 2. The van der Waals surface area contributed by atoms with Gasteiger partial charge in [-0.15, -0.1) is 0 Å². The predicted molar refractivity (Wildman–Crippen MR) is 164 cm³/mol. The van der Waals surface area contributed by atoms with E-state index in [9.17, 15) is 18.0 Å². The van der Waals surface area contributed by atoms with Crippen molar-refractivity contribution in [3.05, 3.63) is 136 Å². The second-order valence-electron chi connectivity index (χ2n) is 10.4. The number of amides is 1. The Morgan fingerprint density at radius 3 is 2.28 bits per heavy atom. The van der Waals surface area contributed by atoms with Crippen LogP contribution in [0.2, 0.25) is 0 Å². The number of aryl methyl sites for hydroxylation is 2. The second kappa shape index (κ2) is 12.2. The number of carbonyl (C=O) groups is 2. The fraction of sp³-hybridized carbons (Fsp3) is 0.176. The first-order valence-corrected chi connectivity index (χ1v) is 15.1. The highest BCUT2D eigenvalue weighted by atomic mass is 32.2. The van der Waals surface area contributed by atoms with Crippen molar-refractivity contribution in [3.63, 3.8) is 0 Å². The van der Waals surface area contributed by atoms with Crippen molar-refractivity contribution < 1.29 is 27.2 Å². The van der Waals surface area contributed by atoms with Gasteiger partial charge in [-0.25, -0.2) is 13.2 Å². The third-order valence-corrected chi connectivity index (χ3v) is 9.02. The van der Waals surface area contributed by atoms with Crippen molar-refractivity contribution in [2.45, 2.75) is 38.8 Å². The molecule has 0 saturated heterocycles. The van der Waals surface area contributed by atoms with Crippen molar-refractivity contribution in [2.24, 2.45) is 0 Å². The third-order valence-electron chi connectivity index (χ3n) is 7.21. The maximum Gasteiger partial charge on any atom is 0.340 e. The monoisotopic (exact) mass is 596 g/mol. The van der Waals surface area contributed by atoms with Gasteiger partial charge in [-0.05, 0) is 74.4 Å². The number of nitrogens with zero attached hydrogens (tertiary/aromatic N) is 2. The molecule has 0 aliphatic carbocycles. The van der Waals surface area contributed by atoms with Gasteiger partial charge in [-0.1, -0.05) is 60.2 Å². The van der Waals surface area contributed by atoms with Crippen molar-refractivity contribution in [1.29, 1.82) is 0 Å². The first kappa shape index (κ1) is 29.8. The Hall–Kier alpha value is -4.73. The molecular formula is C34H32N2O6S. The van der Waals surface area contributed by atoms with Gasteiger partial charge in [0.05, 0.1) is 29.7 Å². The normalized spacial score (nSPS) is 14.7. The van der Waals surface area contributed by atoms with Crippen LogP contribution in [0.15, 0.2) is 117 Å². The van der Waals surface area contributed by atoms with Gasteiger partial charge in [-0.2, -0.15) is 4.31 Å². The summed E-state index contributed by atoms with van der Waals surface area (Å²) in [5.74, 6) is -0.364. The predicted octanol–water partition coefficient (Wildman–Crippen LogP) is 6.16. The summed E-state index contributed by atoms with van der Waals surface area (Å²) in [6.45, 7) is 5.60. The molecule has 1 aromatic heterocycles. The first-order valence-electron chi connectivity index (χ1n) is 13.7. The number of rotatable bonds is 9. The number of benzene rings is 3. The Bertz CT molecular complexity index is 1840. The third kappa shape index (κ3) is 6.23. The van der Waals surface area contributed by atoms with E-state index in [0.29, 0.717) is 22.9 Å². The summed E-state index contributed by atoms with van der Waals surface area (Å²) in [5.41, 5.74) is 4.08. The summed E-state index contributed by atoms with van der Waals surface area (Å²) in [4.78, 5) is 28.1. The Labute approximate surface area is 251 Å². The lowest BCUT2D eigenvalue weighted by Gasteiger charge is -2.21. The van der Waals surface area contributed by atoms with Gasteiger partial charge in [-0.3, -0.25) is 9.69 Å². The molecule has 1 aliphatic rings. The number of methoxy groups -OCH3 is 1. The first-order chi connectivity index (χ1) is 20.6. The number of furan rings is 1. The minimum Gasteiger partial charge on any atom is -0.465 e. The molecule has 220 valence electrons. The van der Waals surface area contributed by atoms with Crippen LogP contribution in [-0.2, 0) is 37.4 Å². The molecule has 3 aromatic carbocycles. The SMILES string of the molecule is COC(=O)C1=C(C)N(c2cccc(C)c2)C(=O)/C1=C/c1ccc(CN(Cc2ccccc2)S(=O)(=O)c2ccc(C)cc2)o1. The van der Waals surface area contributed by atoms with Gasteiger partial charge in [0, 0.05) is 17.9 Å². The molecule has 1 aliphatic heterocycles. The molecule has 4 aromatic rings. The molecule has 0 saturated carbocycles. The van der Waals surface area contributed by atoms with E-state index in [4.69, 9.17) is 9.15 Å². The summed E-state index contributed by atoms with van der Waals surface area (Å²) >= 11 is 0. The molecule has 5 rings (SSSR count). The number of sulfonamides is 1. The van der Waals surface area contributed by atoms with E-state index in [1.807, 2.05) is 62.4 Å². The molecule has 1 amide bonds. The van der Waals surface area contributed by atoms with Gasteiger partial charge in [0.25, 0.3) is 5.91 Å². The fourth-order valence-electron chi connectivity index (χ4n) is 5.00. The number of allylic oxidation sites excluding steroid dienone is 1. The lowest BCUT2D eigenvalue weighted by molar-refractivity contribution is -0.136. The van der Waals surface area contributed by atoms with Crippen LogP contribution in [0.25, 0.3) is 6.08 Å². The zero-order chi connectivity index (χ0) is 30.7. The van der Waals surface area contributed by atoms with Crippen molar-refractivity contribution in [2.75, 3.05) is 12.0 Å². The van der Waals surface area contributed by atoms with Crippen molar-refractivity contribution in [1.82, 2.24) is 4.31 Å². The molecule has 8 nitrogen and oxygen atoms in total. The van der Waals surface area contributed by atoms with Gasteiger partial charge >= 0.3 is 5.97 Å². The highest BCUT2D eigenvalue weighted by molar-refractivity contribution is 7.89. The zero-order valence-corrected chi connectivity index (χ0v) is 25.2. The van der Waals surface area contributed by atoms with Gasteiger partial charge in [0.2, 0.25) is 10.0 Å². The standard InChI is InChI=1S/C34H32N2O6S/c1-23-13-17-30(18-14-23)43(39,40)35(21-26-10-6-5-7-11-26)22-29-16-15-28(42-29)20-31-32(34(38)41-4)25(3)36(33(31)37)27-12-8-9-24(2)19-27/h5-20H,21-22H2,1-4H3/b31-20+. The molecule has 43 heavy (non-hydrogen) atoms. The molecule has 0 radical (unpaired) electrons. The molecule has 9 heteroatoms. The van der Waals surface area contributed by atoms with Crippen LogP contribution >= 0.6 is 0 Å². The molecule has 0 unspecified atom stereocenters. The average molecular weight is 597 g/mol. The summed E-state index contributed by atoms with van der Waals surface area (Å²) in [7, 11) is -2.62. The van der Waals surface area contributed by atoms with Crippen LogP contribution in [-0.4, -0.2) is 31.7 Å². The Morgan fingerprint density at radius 1 is 0.884 bits per heavy atom. The van der Waals surface area contributed by atoms with Crippen LogP contribution in [0, 0.1) is 13.8 Å². The Morgan fingerprint density at radius 2 is 1.60 bits per heavy atom. The van der Waals surface area contributed by atoms with E-state index in [2.05, 4.69) is 0 Å². The summed E-state index contributed by atoms with van der Waals surface area (Å²) in [6, 6.07) is 26.8. The van der Waals surface area contributed by atoms with Gasteiger partial charge < -0.3 is 9.15 Å². The number of esters is 1. The minimum atomic E-state index is -3.88. The van der Waals surface area contributed by atoms with E-state index >= 15 is 0 Å². The van der Waals surface area contributed by atoms with Crippen LogP contribution in [0.1, 0.15) is 35.1 Å². The van der Waals surface area contributed by atoms with Gasteiger partial charge in [0.15, 0.2) is 0 Å². The lowest BCUT2D eigenvalue weighted by Crippen LogP contribution is -2.30. The van der Waals surface area contributed by atoms with E-state index in [1.165, 1.54) is 22.4 Å². The molecule has 2 heterocycles. The summed E-state index contributed by atoms with van der Waals surface area (Å²) in [6.07, 6.45) is 1.49. The highest BCUT2D eigenvalue weighted by Crippen LogP contribution is 2.36. The minimum absolute atomic E-state index is 0.0453. The fourth-order valence-corrected chi connectivity index (χ4v) is 6.40. The molecule has 0 bridgehead atoms. The Balaban J connectivity index is 1.48. The largest absolute Gasteiger partial charge is 0.465 e. The molecular weight excluding hydrogens is 564 g/mol. The smallest absolute Gasteiger partial charge is 0.340 e. The van der Waals surface area contributed by atoms with Crippen molar-refractivity contribution in [3.8, 4) is 0 Å². The topological polar surface area (TPSA) is 97.1 Å². The van der Waals surface area contributed by atoms with E-state index < -0.39 is 21.9 Å². The van der Waals surface area contributed by atoms with Crippen molar-refractivity contribution >= 4 is 33.7 Å². The zero-order valence-electron chi connectivity index (χ0n) is 24.4. The van der Waals surface area contributed by atoms with Gasteiger partial charge in [0.1, 0.15) is 11.5 Å². The van der Waals surface area contributed by atoms with Crippen LogP contribution < -0.4 is 4.90 Å². The number of hydrogen-bond acceptors (Lipinski definition) is 6. The quantitative estimate of drug-likeness (QED) is 0.170. The molecule has 0 fully saturated rings. The van der Waals surface area contributed by atoms with E-state index in [-0.39, 0.29) is 29.1 Å². The maximum atomic E-state index is 13.7. The van der Waals surface area contributed by atoms with E-state index in [1.54, 1.807) is 49.4 Å². The molecule has 0 N–H and O–H groups in total. The number of hydrogen-bond donors (Lipinski definition) is 0. The number of ether oxygens (including phenoxy) is 1. The Kier molecular flexibility index (Phi) is 8.47. The lowest BCUT2D eigenvalue weighted by atomic mass is 10.1. The number of anilines is 1. The molecule has 0 atom stereocenters. The van der Waals surface area contributed by atoms with Crippen LogP contribution in [0.4, 0.5) is 5.69 Å². The summed E-state index contributed by atoms with van der Waals surface area (Å²) < 4.78 is 39.9. The maximum absolute atomic E-state index is 13.7. The highest BCUT2D eigenvalue weighted by Gasteiger charge is 2.38. The van der Waals surface area contributed by atoms with Crippen LogP contribution in [0.3, 0.4) is 0 Å². The second-order valence-corrected chi connectivity index (χ2v) is 12.3. The van der Waals surface area contributed by atoms with E-state index in [0.717, 1.165) is 16.7 Å². The molecule has 0 spiro atoms. The summed E-state index contributed by atoms with van der Waals surface area (Å²) in [5, 5.41) is 0. The average Bonchev–Trinajstić information content (AvgIpc) is 3.53. The van der Waals surface area contributed by atoms with Crippen LogP contribution in [0.5, 0.6) is 0 Å².